The zero-order valence-corrected chi connectivity index (χ0v) is 15.0. The predicted molar refractivity (Wildman–Crippen MR) is 87.6 cm³/mol. The molecular weight excluding hydrogens is 300 g/mol. The van der Waals surface area contributed by atoms with Crippen LogP contribution in [0.5, 0.6) is 0 Å². The van der Waals surface area contributed by atoms with Crippen LogP contribution >= 0.6 is 0 Å². The maximum Gasteiger partial charge on any atom is 0.330 e. The van der Waals surface area contributed by atoms with Crippen LogP contribution in [0.4, 0.5) is 0 Å². The number of aromatic nitrogens is 2. The first-order valence-corrected chi connectivity index (χ1v) is 10.6. The maximum absolute atomic E-state index is 11.8. The van der Waals surface area contributed by atoms with E-state index in [1.54, 1.807) is 0 Å². The van der Waals surface area contributed by atoms with Crippen LogP contribution in [0.15, 0.2) is 21.9 Å². The van der Waals surface area contributed by atoms with Gasteiger partial charge in [0.1, 0.15) is 6.23 Å². The molecule has 0 aliphatic carbocycles. The highest BCUT2D eigenvalue weighted by molar-refractivity contribution is 6.74. The van der Waals surface area contributed by atoms with Crippen LogP contribution in [0.1, 0.15) is 39.8 Å². The van der Waals surface area contributed by atoms with Crippen molar-refractivity contribution in [2.24, 2.45) is 0 Å². The first-order valence-electron chi connectivity index (χ1n) is 7.71. The third kappa shape index (κ3) is 3.77. The lowest BCUT2D eigenvalue weighted by atomic mass is 10.2. The molecule has 22 heavy (non-hydrogen) atoms. The molecule has 1 N–H and O–H groups in total. The molecule has 1 fully saturated rings. The summed E-state index contributed by atoms with van der Waals surface area (Å²) < 4.78 is 13.5. The van der Waals surface area contributed by atoms with Crippen LogP contribution in [-0.2, 0) is 9.16 Å². The maximum atomic E-state index is 11.8. The Morgan fingerprint density at radius 1 is 1.36 bits per heavy atom. The number of aromatic amines is 1. The second kappa shape index (κ2) is 6.14. The molecule has 0 aromatic carbocycles. The Hall–Kier alpha value is -1.18. The third-order valence-electron chi connectivity index (χ3n) is 4.68. The lowest BCUT2D eigenvalue weighted by Crippen LogP contribution is -2.42. The highest BCUT2D eigenvalue weighted by Gasteiger charge is 2.38. The molecule has 1 aliphatic heterocycles. The van der Waals surface area contributed by atoms with Crippen LogP contribution in [0.3, 0.4) is 0 Å². The minimum absolute atomic E-state index is 0.00190. The van der Waals surface area contributed by atoms with E-state index >= 15 is 0 Å². The molecule has 2 heterocycles. The molecule has 2 rings (SSSR count). The van der Waals surface area contributed by atoms with Gasteiger partial charge in [0, 0.05) is 12.3 Å². The molecule has 6 nitrogen and oxygen atoms in total. The molecule has 124 valence electrons. The normalized spacial score (nSPS) is 23.0. The molecule has 0 saturated carbocycles. The largest absolute Gasteiger partial charge is 0.414 e. The van der Waals surface area contributed by atoms with Gasteiger partial charge < -0.3 is 9.16 Å². The highest BCUT2D eigenvalue weighted by Crippen LogP contribution is 2.37. The second-order valence-corrected chi connectivity index (χ2v) is 12.2. The van der Waals surface area contributed by atoms with E-state index in [2.05, 4.69) is 38.8 Å². The monoisotopic (exact) mass is 326 g/mol. The summed E-state index contributed by atoms with van der Waals surface area (Å²) >= 11 is 0. The van der Waals surface area contributed by atoms with Crippen molar-refractivity contribution in [2.45, 2.75) is 64.1 Å². The van der Waals surface area contributed by atoms with E-state index in [4.69, 9.17) is 9.16 Å². The summed E-state index contributed by atoms with van der Waals surface area (Å²) in [5, 5.41) is 0.168. The average Bonchev–Trinajstić information content (AvgIpc) is 2.83. The van der Waals surface area contributed by atoms with Gasteiger partial charge in [0.2, 0.25) is 0 Å². The lowest BCUT2D eigenvalue weighted by Gasteiger charge is -2.36. The Bertz CT molecular complexity index is 629. The molecule has 7 heteroatoms. The van der Waals surface area contributed by atoms with Gasteiger partial charge in [-0.2, -0.15) is 0 Å². The summed E-state index contributed by atoms with van der Waals surface area (Å²) in [6.07, 6.45) is 2.76. The zero-order valence-electron chi connectivity index (χ0n) is 14.0. The third-order valence-corrected chi connectivity index (χ3v) is 9.18. The van der Waals surface area contributed by atoms with Crippen molar-refractivity contribution in [3.05, 3.63) is 33.1 Å². The van der Waals surface area contributed by atoms with Gasteiger partial charge in [-0.1, -0.05) is 20.8 Å². The standard InChI is InChI=1S/C15H26N2O4Si/c1-15(2,3)22(4,5)20-10-11-6-7-13(21-11)17-9-8-12(18)16-14(17)19/h8-9,11,13H,6-7,10H2,1-5H3,(H,16,18,19). The lowest BCUT2D eigenvalue weighted by molar-refractivity contribution is -0.0222. The molecule has 0 spiro atoms. The van der Waals surface area contributed by atoms with E-state index in [0.717, 1.165) is 12.8 Å². The summed E-state index contributed by atoms with van der Waals surface area (Å²) in [6, 6.07) is 1.34. The zero-order chi connectivity index (χ0) is 16.5. The molecule has 1 saturated heterocycles. The molecular formula is C15H26N2O4Si. The summed E-state index contributed by atoms with van der Waals surface area (Å²) in [7, 11) is -1.79. The van der Waals surface area contributed by atoms with Gasteiger partial charge in [0.25, 0.3) is 5.56 Å². The summed E-state index contributed by atoms with van der Waals surface area (Å²) in [5.74, 6) is 0. The molecule has 2 atom stereocenters. The number of nitrogens with one attached hydrogen (secondary N) is 1. The quantitative estimate of drug-likeness (QED) is 0.861. The van der Waals surface area contributed by atoms with Crippen LogP contribution in [0, 0.1) is 0 Å². The number of ether oxygens (including phenoxy) is 1. The van der Waals surface area contributed by atoms with E-state index in [-0.39, 0.29) is 17.4 Å². The topological polar surface area (TPSA) is 73.3 Å². The van der Waals surface area contributed by atoms with Crippen LogP contribution < -0.4 is 11.2 Å². The van der Waals surface area contributed by atoms with Gasteiger partial charge in [-0.3, -0.25) is 14.3 Å². The fraction of sp³-hybridized carbons (Fsp3) is 0.733. The van der Waals surface area contributed by atoms with E-state index in [9.17, 15) is 9.59 Å². The van der Waals surface area contributed by atoms with Crippen molar-refractivity contribution in [1.82, 2.24) is 9.55 Å². The van der Waals surface area contributed by atoms with Gasteiger partial charge in [0.15, 0.2) is 8.32 Å². The number of hydrogen-bond donors (Lipinski definition) is 1. The van der Waals surface area contributed by atoms with Crippen LogP contribution in [0.2, 0.25) is 18.1 Å². The molecule has 1 aromatic rings. The van der Waals surface area contributed by atoms with Crippen molar-refractivity contribution >= 4 is 8.32 Å². The Kier molecular flexibility index (Phi) is 4.79. The van der Waals surface area contributed by atoms with Crippen molar-refractivity contribution in [3.8, 4) is 0 Å². The molecule has 1 aromatic heterocycles. The molecule has 2 unspecified atom stereocenters. The summed E-state index contributed by atoms with van der Waals surface area (Å²) in [5.41, 5.74) is -0.819. The molecule has 1 aliphatic rings. The number of nitrogens with zero attached hydrogens (tertiary/aromatic N) is 1. The summed E-state index contributed by atoms with van der Waals surface area (Å²) in [6.45, 7) is 11.6. The van der Waals surface area contributed by atoms with Crippen LogP contribution in [-0.4, -0.2) is 30.6 Å². The summed E-state index contributed by atoms with van der Waals surface area (Å²) in [4.78, 5) is 25.1. The van der Waals surface area contributed by atoms with E-state index in [1.165, 1.54) is 16.8 Å². The van der Waals surface area contributed by atoms with E-state index in [1.807, 2.05) is 0 Å². The number of hydrogen-bond acceptors (Lipinski definition) is 4. The van der Waals surface area contributed by atoms with Gasteiger partial charge in [-0.15, -0.1) is 0 Å². The minimum atomic E-state index is -1.79. The SMILES string of the molecule is CC(C)(C)[Si](C)(C)OCC1CCC(n2ccc(=O)[nH]c2=O)O1. The predicted octanol–water partition coefficient (Wildman–Crippen LogP) is 2.24. The number of rotatable bonds is 4. The minimum Gasteiger partial charge on any atom is -0.414 e. The van der Waals surface area contributed by atoms with Gasteiger partial charge in [0.05, 0.1) is 12.7 Å². The fourth-order valence-electron chi connectivity index (χ4n) is 2.19. The molecule has 0 bridgehead atoms. The smallest absolute Gasteiger partial charge is 0.330 e. The average molecular weight is 326 g/mol. The van der Waals surface area contributed by atoms with Gasteiger partial charge in [-0.25, -0.2) is 4.79 Å². The fourth-order valence-corrected chi connectivity index (χ4v) is 3.22. The highest BCUT2D eigenvalue weighted by atomic mass is 28.4. The van der Waals surface area contributed by atoms with Gasteiger partial charge >= 0.3 is 5.69 Å². The van der Waals surface area contributed by atoms with Gasteiger partial charge in [-0.05, 0) is 31.0 Å². The Morgan fingerprint density at radius 2 is 2.05 bits per heavy atom. The Morgan fingerprint density at radius 3 is 2.64 bits per heavy atom. The van der Waals surface area contributed by atoms with Crippen LogP contribution in [0.25, 0.3) is 0 Å². The first kappa shape index (κ1) is 17.2. The van der Waals surface area contributed by atoms with Crippen molar-refractivity contribution in [1.29, 1.82) is 0 Å². The molecule has 0 amide bonds. The first-order chi connectivity index (χ1) is 10.1. The Balaban J connectivity index is 1.96. The van der Waals surface area contributed by atoms with Crippen molar-refractivity contribution in [2.75, 3.05) is 6.61 Å². The number of H-pyrrole nitrogens is 1. The van der Waals surface area contributed by atoms with E-state index < -0.39 is 19.6 Å². The Labute approximate surface area is 131 Å². The molecule has 0 radical (unpaired) electrons. The second-order valence-electron chi connectivity index (χ2n) is 7.38. The van der Waals surface area contributed by atoms with E-state index in [0.29, 0.717) is 6.61 Å². The van der Waals surface area contributed by atoms with Crippen molar-refractivity contribution in [3.63, 3.8) is 0 Å². The van der Waals surface area contributed by atoms with Crippen molar-refractivity contribution < 1.29 is 9.16 Å².